The average Bonchev–Trinajstić information content (AvgIpc) is 2.47. The number of carbonyl (C=O) groups is 1. The molecule has 0 spiro atoms. The molecular weight excluding hydrogens is 206 g/mol. The van der Waals surface area contributed by atoms with Crippen molar-refractivity contribution in [1.82, 2.24) is 14.8 Å². The van der Waals surface area contributed by atoms with Gasteiger partial charge >= 0.3 is 5.97 Å². The summed E-state index contributed by atoms with van der Waals surface area (Å²) < 4.78 is 1.61. The molecule has 1 N–H and O–H groups in total. The monoisotopic (exact) mass is 213 g/mol. The van der Waals surface area contributed by atoms with Gasteiger partial charge in [0.1, 0.15) is 5.69 Å². The Morgan fingerprint density at radius 3 is 2.86 bits per heavy atom. The Bertz CT molecular complexity index is 480. The number of carboxylic acid groups (broad SMARTS) is 1. The highest BCUT2D eigenvalue weighted by molar-refractivity contribution is 5.90. The van der Waals surface area contributed by atoms with Crippen LogP contribution < -0.4 is 0 Å². The maximum Gasteiger partial charge on any atom is 0.354 e. The van der Waals surface area contributed by atoms with E-state index in [0.717, 1.165) is 10.9 Å². The average molecular weight is 214 g/mol. The Labute approximate surface area is 85.8 Å². The molecule has 0 aliphatic rings. The van der Waals surface area contributed by atoms with Crippen molar-refractivity contribution in [2.24, 2.45) is 7.05 Å². The van der Waals surface area contributed by atoms with Gasteiger partial charge in [0, 0.05) is 18.6 Å². The third-order valence-corrected chi connectivity index (χ3v) is 1.85. The topological polar surface area (TPSA) is 68.0 Å². The number of aromatic carboxylic acids is 1. The number of aryl methyl sites for hydroxylation is 1. The van der Waals surface area contributed by atoms with Crippen LogP contribution in [0, 0.1) is 0 Å². The third-order valence-electron chi connectivity index (χ3n) is 1.85. The van der Waals surface area contributed by atoms with Crippen molar-refractivity contribution in [3.05, 3.63) is 24.2 Å². The van der Waals surface area contributed by atoms with Crippen LogP contribution in [0.1, 0.15) is 10.5 Å². The standard InChI is InChI=1S/C8H7N3O2.ClH/c1-11-7-2-6(8(12)13)9-3-5(7)4-10-11;/h2-4H,1H3,(H,12,13);1H. The number of pyridine rings is 1. The zero-order chi connectivity index (χ0) is 9.42. The zero-order valence-corrected chi connectivity index (χ0v) is 8.15. The normalized spacial score (nSPS) is 9.79. The van der Waals surface area contributed by atoms with Gasteiger partial charge in [0.2, 0.25) is 0 Å². The van der Waals surface area contributed by atoms with E-state index in [4.69, 9.17) is 5.11 Å². The smallest absolute Gasteiger partial charge is 0.354 e. The number of hydrogen-bond donors (Lipinski definition) is 1. The second-order valence-electron chi connectivity index (χ2n) is 2.70. The lowest BCUT2D eigenvalue weighted by molar-refractivity contribution is 0.0690. The third kappa shape index (κ3) is 1.54. The molecule has 0 saturated heterocycles. The van der Waals surface area contributed by atoms with Crippen molar-refractivity contribution in [1.29, 1.82) is 0 Å². The molecule has 2 heterocycles. The summed E-state index contributed by atoms with van der Waals surface area (Å²) in [5.41, 5.74) is 0.809. The summed E-state index contributed by atoms with van der Waals surface area (Å²) in [7, 11) is 1.76. The van der Waals surface area contributed by atoms with Gasteiger partial charge in [-0.15, -0.1) is 12.4 Å². The van der Waals surface area contributed by atoms with Gasteiger partial charge in [-0.1, -0.05) is 0 Å². The highest BCUT2D eigenvalue weighted by atomic mass is 35.5. The Kier molecular flexibility index (Phi) is 2.71. The molecule has 2 rings (SSSR count). The molecule has 0 bridgehead atoms. The number of carboxylic acids is 1. The predicted molar refractivity (Wildman–Crippen MR) is 52.7 cm³/mol. The minimum absolute atomic E-state index is 0. The highest BCUT2D eigenvalue weighted by Crippen LogP contribution is 2.11. The molecule has 0 radical (unpaired) electrons. The Morgan fingerprint density at radius 2 is 2.21 bits per heavy atom. The molecular formula is C8H8ClN3O2. The molecule has 0 saturated carbocycles. The van der Waals surface area contributed by atoms with E-state index in [1.165, 1.54) is 12.3 Å². The number of hydrogen-bond acceptors (Lipinski definition) is 3. The summed E-state index contributed by atoms with van der Waals surface area (Å²) in [6.07, 6.45) is 3.15. The van der Waals surface area contributed by atoms with Crippen LogP contribution >= 0.6 is 12.4 Å². The molecule has 0 atom stereocenters. The van der Waals surface area contributed by atoms with Crippen molar-refractivity contribution in [3.8, 4) is 0 Å². The predicted octanol–water partition coefficient (Wildman–Crippen LogP) is 1.09. The van der Waals surface area contributed by atoms with Gasteiger partial charge < -0.3 is 5.11 Å². The van der Waals surface area contributed by atoms with Crippen LogP contribution in [0.4, 0.5) is 0 Å². The number of aromatic nitrogens is 3. The van der Waals surface area contributed by atoms with Crippen LogP contribution in [0.5, 0.6) is 0 Å². The molecule has 6 heteroatoms. The SMILES string of the molecule is Cl.Cn1ncc2cnc(C(=O)O)cc21. The molecule has 0 aliphatic heterocycles. The number of nitrogens with zero attached hydrogens (tertiary/aromatic N) is 3. The molecule has 2 aromatic rings. The highest BCUT2D eigenvalue weighted by Gasteiger charge is 2.07. The fourth-order valence-corrected chi connectivity index (χ4v) is 1.16. The molecule has 0 amide bonds. The summed E-state index contributed by atoms with van der Waals surface area (Å²) in [5, 5.41) is 13.5. The van der Waals surface area contributed by atoms with Gasteiger partial charge in [0.25, 0.3) is 0 Å². The quantitative estimate of drug-likeness (QED) is 0.770. The van der Waals surface area contributed by atoms with E-state index < -0.39 is 5.97 Å². The minimum atomic E-state index is -1.02. The summed E-state index contributed by atoms with van der Waals surface area (Å²) in [5.74, 6) is -1.02. The van der Waals surface area contributed by atoms with E-state index in [2.05, 4.69) is 10.1 Å². The van der Waals surface area contributed by atoms with Crippen molar-refractivity contribution in [3.63, 3.8) is 0 Å². The summed E-state index contributed by atoms with van der Waals surface area (Å²) in [4.78, 5) is 14.4. The van der Waals surface area contributed by atoms with Crippen LogP contribution in [-0.4, -0.2) is 25.8 Å². The second kappa shape index (κ2) is 3.63. The number of halogens is 1. The molecule has 0 unspecified atom stereocenters. The first-order chi connectivity index (χ1) is 6.18. The lowest BCUT2D eigenvalue weighted by atomic mass is 10.3. The number of fused-ring (bicyclic) bond motifs is 1. The van der Waals surface area contributed by atoms with Gasteiger partial charge in [-0.3, -0.25) is 4.68 Å². The van der Waals surface area contributed by atoms with Crippen molar-refractivity contribution in [2.45, 2.75) is 0 Å². The van der Waals surface area contributed by atoms with E-state index in [1.807, 2.05) is 0 Å². The summed E-state index contributed by atoms with van der Waals surface area (Å²) >= 11 is 0. The van der Waals surface area contributed by atoms with Crippen LogP contribution in [0.25, 0.3) is 10.9 Å². The summed E-state index contributed by atoms with van der Waals surface area (Å²) in [6.45, 7) is 0. The largest absolute Gasteiger partial charge is 0.477 e. The molecule has 14 heavy (non-hydrogen) atoms. The van der Waals surface area contributed by atoms with Crippen LogP contribution in [0.2, 0.25) is 0 Å². The molecule has 2 aromatic heterocycles. The van der Waals surface area contributed by atoms with E-state index in [9.17, 15) is 4.79 Å². The van der Waals surface area contributed by atoms with Crippen LogP contribution in [0.3, 0.4) is 0 Å². The van der Waals surface area contributed by atoms with E-state index in [0.29, 0.717) is 0 Å². The van der Waals surface area contributed by atoms with Crippen molar-refractivity contribution < 1.29 is 9.90 Å². The zero-order valence-electron chi connectivity index (χ0n) is 7.34. The Balaban J connectivity index is 0.000000980. The fraction of sp³-hybridized carbons (Fsp3) is 0.125. The molecule has 74 valence electrons. The lowest BCUT2D eigenvalue weighted by Crippen LogP contribution is -2.00. The Hall–Kier alpha value is -1.62. The second-order valence-corrected chi connectivity index (χ2v) is 2.70. The van der Waals surface area contributed by atoms with Gasteiger partial charge in [0.15, 0.2) is 0 Å². The van der Waals surface area contributed by atoms with Crippen LogP contribution in [-0.2, 0) is 7.05 Å². The van der Waals surface area contributed by atoms with Gasteiger partial charge in [-0.25, -0.2) is 9.78 Å². The maximum absolute atomic E-state index is 10.6. The minimum Gasteiger partial charge on any atom is -0.477 e. The van der Waals surface area contributed by atoms with Gasteiger partial charge in [0.05, 0.1) is 11.7 Å². The van der Waals surface area contributed by atoms with Crippen molar-refractivity contribution >= 4 is 29.3 Å². The van der Waals surface area contributed by atoms with Gasteiger partial charge in [-0.2, -0.15) is 5.10 Å². The van der Waals surface area contributed by atoms with E-state index in [1.54, 1.807) is 17.9 Å². The first kappa shape index (κ1) is 10.5. The molecule has 0 aliphatic carbocycles. The molecule has 0 aromatic carbocycles. The van der Waals surface area contributed by atoms with E-state index in [-0.39, 0.29) is 18.1 Å². The number of rotatable bonds is 1. The fourth-order valence-electron chi connectivity index (χ4n) is 1.16. The first-order valence-corrected chi connectivity index (χ1v) is 3.69. The van der Waals surface area contributed by atoms with Crippen molar-refractivity contribution in [2.75, 3.05) is 0 Å². The summed E-state index contributed by atoms with van der Waals surface area (Å²) in [6, 6.07) is 1.50. The lowest BCUT2D eigenvalue weighted by Gasteiger charge is -1.95. The Morgan fingerprint density at radius 1 is 1.50 bits per heavy atom. The van der Waals surface area contributed by atoms with Crippen LogP contribution in [0.15, 0.2) is 18.5 Å². The molecule has 5 nitrogen and oxygen atoms in total. The molecule has 0 fully saturated rings. The maximum atomic E-state index is 10.6. The first-order valence-electron chi connectivity index (χ1n) is 3.69. The van der Waals surface area contributed by atoms with Gasteiger partial charge in [-0.05, 0) is 6.07 Å². The van der Waals surface area contributed by atoms with E-state index >= 15 is 0 Å².